The summed E-state index contributed by atoms with van der Waals surface area (Å²) in [6.07, 6.45) is 9.15. The SMILES string of the molecule is CCCCC(CC)CS(CC(CC)CCCC)=P(O)(O)O.[Mo]. The maximum absolute atomic E-state index is 9.85. The van der Waals surface area contributed by atoms with Crippen molar-refractivity contribution in [3.63, 3.8) is 0 Å². The Hall–Kier alpha value is 1.35. The first-order chi connectivity index (χ1) is 9.88. The second-order valence-corrected chi connectivity index (χ2v) is 11.8. The fourth-order valence-electron chi connectivity index (χ4n) is 2.61. The quantitative estimate of drug-likeness (QED) is 0.307. The van der Waals surface area contributed by atoms with Gasteiger partial charge in [-0.05, 0) is 36.2 Å². The number of unbranched alkanes of at least 4 members (excludes halogenated alkanes) is 2. The van der Waals surface area contributed by atoms with E-state index in [0.717, 1.165) is 37.2 Å². The third-order valence-corrected chi connectivity index (χ3v) is 9.67. The minimum Gasteiger partial charge on any atom is -0.329 e. The Labute approximate surface area is 154 Å². The van der Waals surface area contributed by atoms with Gasteiger partial charge in [-0.15, -0.1) is 10.1 Å². The minimum atomic E-state index is -3.70. The van der Waals surface area contributed by atoms with Crippen LogP contribution in [0.2, 0.25) is 0 Å². The smallest absolute Gasteiger partial charge is 0.277 e. The van der Waals surface area contributed by atoms with Crippen molar-refractivity contribution in [2.75, 3.05) is 11.5 Å². The third kappa shape index (κ3) is 11.8. The first kappa shape index (κ1) is 25.6. The van der Waals surface area contributed by atoms with Gasteiger partial charge in [-0.25, -0.2) is 0 Å². The molecule has 3 nitrogen and oxygen atoms in total. The molecule has 0 aromatic heterocycles. The predicted molar refractivity (Wildman–Crippen MR) is 97.3 cm³/mol. The Balaban J connectivity index is 0. The molecular weight excluding hydrogens is 399 g/mol. The molecule has 0 fully saturated rings. The summed E-state index contributed by atoms with van der Waals surface area (Å²) < 4.78 is 0. The summed E-state index contributed by atoms with van der Waals surface area (Å²) in [7, 11) is -0.631. The zero-order valence-corrected chi connectivity index (χ0v) is 18.5. The topological polar surface area (TPSA) is 60.7 Å². The summed E-state index contributed by atoms with van der Waals surface area (Å²) in [4.78, 5) is 29.6. The average molecular weight is 436 g/mol. The van der Waals surface area contributed by atoms with Crippen LogP contribution in [-0.2, 0) is 31.1 Å². The molecule has 6 heteroatoms. The maximum Gasteiger partial charge on any atom is 0.277 e. The molecule has 0 amide bonds. The van der Waals surface area contributed by atoms with Crippen LogP contribution in [0.3, 0.4) is 0 Å². The molecule has 2 unspecified atom stereocenters. The van der Waals surface area contributed by atoms with Gasteiger partial charge in [0.1, 0.15) is 0 Å². The van der Waals surface area contributed by atoms with Gasteiger partial charge in [0.25, 0.3) is 6.72 Å². The zero-order chi connectivity index (χ0) is 16.3. The molecule has 136 valence electrons. The molecule has 0 aliphatic rings. The Kier molecular flexibility index (Phi) is 17.1. The molecule has 0 aliphatic heterocycles. The molecule has 22 heavy (non-hydrogen) atoms. The Bertz CT molecular complexity index is 292. The van der Waals surface area contributed by atoms with Crippen LogP contribution in [0.5, 0.6) is 0 Å². The van der Waals surface area contributed by atoms with E-state index in [1.54, 1.807) is 0 Å². The molecule has 0 heterocycles. The number of hydrogen-bond acceptors (Lipinski definition) is 0. The maximum atomic E-state index is 9.85. The van der Waals surface area contributed by atoms with Gasteiger partial charge in [0.2, 0.25) is 0 Å². The van der Waals surface area contributed by atoms with E-state index >= 15 is 0 Å². The standard InChI is InChI=1S/C16H37O3PS.Mo/c1-5-9-11-15(7-3)13-21(20(17,18)19)14-16(8-4)12-10-6-2;/h15-19H,5-14H2,1-4H3;. The molecule has 0 bridgehead atoms. The van der Waals surface area contributed by atoms with E-state index in [9.17, 15) is 14.7 Å². The zero-order valence-electron chi connectivity index (χ0n) is 14.8. The van der Waals surface area contributed by atoms with E-state index in [1.807, 2.05) is 0 Å². The van der Waals surface area contributed by atoms with E-state index in [-0.39, 0.29) is 21.1 Å². The van der Waals surface area contributed by atoms with Crippen LogP contribution in [0.4, 0.5) is 0 Å². The van der Waals surface area contributed by atoms with E-state index in [1.165, 1.54) is 25.7 Å². The summed E-state index contributed by atoms with van der Waals surface area (Å²) in [5.41, 5.74) is 0. The van der Waals surface area contributed by atoms with E-state index < -0.39 is 16.8 Å². The van der Waals surface area contributed by atoms with Gasteiger partial charge in [0, 0.05) is 21.1 Å². The van der Waals surface area contributed by atoms with Crippen molar-refractivity contribution in [2.45, 2.75) is 79.1 Å². The predicted octanol–water partition coefficient (Wildman–Crippen LogP) is 4.69. The summed E-state index contributed by atoms with van der Waals surface area (Å²) in [6, 6.07) is 0. The van der Waals surface area contributed by atoms with E-state index in [4.69, 9.17) is 0 Å². The first-order valence-corrected chi connectivity index (χ1v) is 12.5. The number of hydrogen-bond donors (Lipinski definition) is 3. The largest absolute Gasteiger partial charge is 0.329 e. The van der Waals surface area contributed by atoms with E-state index in [2.05, 4.69) is 27.7 Å². The second kappa shape index (κ2) is 14.7. The molecule has 0 radical (unpaired) electrons. The van der Waals surface area contributed by atoms with Gasteiger partial charge < -0.3 is 14.7 Å². The van der Waals surface area contributed by atoms with Crippen molar-refractivity contribution in [2.24, 2.45) is 11.8 Å². The molecule has 2 atom stereocenters. The average Bonchev–Trinajstić information content (AvgIpc) is 2.44. The second-order valence-electron chi connectivity index (χ2n) is 6.14. The van der Waals surface area contributed by atoms with Gasteiger partial charge in [0.15, 0.2) is 0 Å². The molecular formula is C16H37MoO3PS. The molecule has 0 spiro atoms. The van der Waals surface area contributed by atoms with Gasteiger partial charge in [-0.1, -0.05) is 66.2 Å². The van der Waals surface area contributed by atoms with Crippen LogP contribution in [-0.4, -0.2) is 26.2 Å². The van der Waals surface area contributed by atoms with Crippen LogP contribution in [0, 0.1) is 11.8 Å². The van der Waals surface area contributed by atoms with Crippen LogP contribution in [0.25, 0.3) is 0 Å². The fraction of sp³-hybridized carbons (Fsp3) is 1.00. The Morgan fingerprint density at radius 2 is 1.14 bits per heavy atom. The van der Waals surface area contributed by atoms with E-state index in [0.29, 0.717) is 11.8 Å². The monoisotopic (exact) mass is 438 g/mol. The minimum absolute atomic E-state index is 0. The van der Waals surface area contributed by atoms with Crippen molar-refractivity contribution >= 4 is 16.8 Å². The summed E-state index contributed by atoms with van der Waals surface area (Å²) in [5, 5.41) is 0. The summed E-state index contributed by atoms with van der Waals surface area (Å²) >= 11 is 0. The van der Waals surface area contributed by atoms with Crippen molar-refractivity contribution in [3.8, 4) is 0 Å². The van der Waals surface area contributed by atoms with Crippen molar-refractivity contribution in [1.29, 1.82) is 0 Å². The molecule has 0 aromatic rings. The van der Waals surface area contributed by atoms with Crippen LogP contribution in [0.15, 0.2) is 0 Å². The summed E-state index contributed by atoms with van der Waals surface area (Å²) in [5.74, 6) is 2.61. The third-order valence-electron chi connectivity index (χ3n) is 4.29. The van der Waals surface area contributed by atoms with Crippen molar-refractivity contribution in [1.82, 2.24) is 0 Å². The number of rotatable bonds is 12. The van der Waals surface area contributed by atoms with Crippen molar-refractivity contribution in [3.05, 3.63) is 0 Å². The van der Waals surface area contributed by atoms with Gasteiger partial charge in [-0.2, -0.15) is 0 Å². The molecule has 0 saturated heterocycles. The van der Waals surface area contributed by atoms with Gasteiger partial charge in [-0.3, -0.25) is 0 Å². The van der Waals surface area contributed by atoms with Crippen LogP contribution in [0.1, 0.15) is 79.1 Å². The molecule has 0 saturated carbocycles. The van der Waals surface area contributed by atoms with Gasteiger partial charge >= 0.3 is 0 Å². The Morgan fingerprint density at radius 3 is 1.36 bits per heavy atom. The van der Waals surface area contributed by atoms with Crippen molar-refractivity contribution < 1.29 is 35.7 Å². The van der Waals surface area contributed by atoms with Crippen LogP contribution < -0.4 is 0 Å². The normalized spacial score (nSPS) is 16.0. The Morgan fingerprint density at radius 1 is 0.773 bits per heavy atom. The summed E-state index contributed by atoms with van der Waals surface area (Å²) in [6.45, 7) is 5.01. The molecule has 0 aliphatic carbocycles. The molecule has 0 rings (SSSR count). The van der Waals surface area contributed by atoms with Gasteiger partial charge in [0.05, 0.1) is 0 Å². The van der Waals surface area contributed by atoms with Crippen LogP contribution >= 0.6 is 6.72 Å². The fourth-order valence-corrected chi connectivity index (χ4v) is 7.50. The molecule has 0 aromatic carbocycles. The first-order valence-electron chi connectivity index (χ1n) is 8.64. The molecule has 3 N–H and O–H groups in total.